The quantitative estimate of drug-likeness (QED) is 0.330. The minimum Gasteiger partial charge on any atom is -0.449 e. The molecule has 0 aromatic heterocycles. The van der Waals surface area contributed by atoms with E-state index in [1.807, 2.05) is 24.3 Å². The van der Waals surface area contributed by atoms with Crippen molar-refractivity contribution in [3.8, 4) is 11.1 Å². The molecule has 2 amide bonds. The summed E-state index contributed by atoms with van der Waals surface area (Å²) < 4.78 is 5.58. The van der Waals surface area contributed by atoms with E-state index in [2.05, 4.69) is 68.7 Å². The first kappa shape index (κ1) is 26.7. The van der Waals surface area contributed by atoms with E-state index < -0.39 is 0 Å². The second-order valence-corrected chi connectivity index (χ2v) is 10.7. The second kappa shape index (κ2) is 11.8. The second-order valence-electron chi connectivity index (χ2n) is 10.7. The van der Waals surface area contributed by atoms with Crippen molar-refractivity contribution in [3.63, 3.8) is 0 Å². The molecule has 0 saturated heterocycles. The molecule has 1 unspecified atom stereocenters. The van der Waals surface area contributed by atoms with Crippen LogP contribution in [-0.2, 0) is 9.53 Å². The van der Waals surface area contributed by atoms with E-state index in [-0.39, 0.29) is 23.3 Å². The molecule has 0 spiro atoms. The number of carbonyl (C=O) groups excluding carboxylic acids is 2. The van der Waals surface area contributed by atoms with E-state index >= 15 is 0 Å². The van der Waals surface area contributed by atoms with Gasteiger partial charge in [0.25, 0.3) is 0 Å². The zero-order valence-electron chi connectivity index (χ0n) is 22.7. The highest BCUT2D eigenvalue weighted by molar-refractivity contribution is 5.79. The molecule has 0 aliphatic heterocycles. The number of ether oxygens (including phenoxy) is 1. The number of carbonyl (C=O) groups is 2. The lowest BCUT2D eigenvalue weighted by Gasteiger charge is -2.25. The van der Waals surface area contributed by atoms with Crippen LogP contribution in [0.3, 0.4) is 0 Å². The number of nitrogens with one attached hydrogen (secondary N) is 2. The fraction of sp³-hybridized carbons (Fsp3) is 0.438. The number of benzene rings is 2. The maximum atomic E-state index is 12.3. The van der Waals surface area contributed by atoms with Crippen LogP contribution in [0.5, 0.6) is 0 Å². The van der Waals surface area contributed by atoms with Crippen LogP contribution in [0.2, 0.25) is 0 Å². The predicted octanol–water partition coefficient (Wildman–Crippen LogP) is 6.89. The number of hydrogen-bond donors (Lipinski definition) is 2. The van der Waals surface area contributed by atoms with Crippen LogP contribution in [0.15, 0.2) is 71.3 Å². The summed E-state index contributed by atoms with van der Waals surface area (Å²) in [7, 11) is 0. The molecule has 4 rings (SSSR count). The molecule has 0 fully saturated rings. The zero-order valence-corrected chi connectivity index (χ0v) is 22.7. The van der Waals surface area contributed by atoms with Crippen molar-refractivity contribution in [3.05, 3.63) is 82.5 Å². The van der Waals surface area contributed by atoms with Gasteiger partial charge in [-0.3, -0.25) is 4.79 Å². The summed E-state index contributed by atoms with van der Waals surface area (Å²) >= 11 is 0. The molecule has 1 atom stereocenters. The first-order chi connectivity index (χ1) is 17.8. The molecule has 2 aromatic carbocycles. The number of allylic oxidation sites excluding steroid dienone is 4. The molecule has 0 bridgehead atoms. The summed E-state index contributed by atoms with van der Waals surface area (Å²) in [4.78, 5) is 24.5. The van der Waals surface area contributed by atoms with E-state index in [4.69, 9.17) is 4.74 Å². The number of amides is 2. The van der Waals surface area contributed by atoms with Gasteiger partial charge in [-0.15, -0.1) is 0 Å². The van der Waals surface area contributed by atoms with Gasteiger partial charge in [-0.1, -0.05) is 79.1 Å². The molecule has 2 aliphatic rings. The predicted molar refractivity (Wildman–Crippen MR) is 149 cm³/mol. The Hall–Kier alpha value is -3.34. The summed E-state index contributed by atoms with van der Waals surface area (Å²) in [5, 5.41) is 5.92. The standard InChI is InChI=1S/C32H40N2O3/c1-22-20-32(4,24(3)23(22)2)17-19-33-30(35)16-6-5-11-18-34-31(36)37-21-29-27-14-9-7-12-25(27)26-13-8-10-15-28(26)29/h7-10,12-15,20,29H,5-6,11,16-19,21H2,1-4H3,(H,33,35)(H,34,36). The molecule has 2 aromatic rings. The molecule has 5 nitrogen and oxygen atoms in total. The Morgan fingerprint density at radius 1 is 0.865 bits per heavy atom. The topological polar surface area (TPSA) is 67.4 Å². The van der Waals surface area contributed by atoms with Crippen molar-refractivity contribution in [1.82, 2.24) is 10.6 Å². The van der Waals surface area contributed by atoms with Crippen LogP contribution in [0, 0.1) is 5.41 Å². The summed E-state index contributed by atoms with van der Waals surface area (Å²) in [6.45, 7) is 10.3. The lowest BCUT2D eigenvalue weighted by molar-refractivity contribution is -0.121. The van der Waals surface area contributed by atoms with Gasteiger partial charge in [-0.05, 0) is 67.9 Å². The minimum absolute atomic E-state index is 0.0479. The highest BCUT2D eigenvalue weighted by Gasteiger charge is 2.30. The third-order valence-corrected chi connectivity index (χ3v) is 8.21. The lowest BCUT2D eigenvalue weighted by atomic mass is 9.82. The van der Waals surface area contributed by atoms with E-state index in [1.165, 1.54) is 39.0 Å². The van der Waals surface area contributed by atoms with Gasteiger partial charge in [0, 0.05) is 30.8 Å². The van der Waals surface area contributed by atoms with Crippen LogP contribution >= 0.6 is 0 Å². The third kappa shape index (κ3) is 6.15. The van der Waals surface area contributed by atoms with Crippen molar-refractivity contribution in [2.45, 2.75) is 65.7 Å². The van der Waals surface area contributed by atoms with Crippen LogP contribution in [0.1, 0.15) is 76.8 Å². The molecule has 0 saturated carbocycles. The lowest BCUT2D eigenvalue weighted by Crippen LogP contribution is -2.28. The molecule has 2 N–H and O–H groups in total. The Balaban J connectivity index is 1.08. The van der Waals surface area contributed by atoms with Crippen molar-refractivity contribution in [2.24, 2.45) is 5.41 Å². The molecule has 0 heterocycles. The number of rotatable bonds is 11. The molecule has 196 valence electrons. The molecule has 5 heteroatoms. The number of alkyl carbamates (subject to hydrolysis) is 1. The van der Waals surface area contributed by atoms with Crippen molar-refractivity contribution in [1.29, 1.82) is 0 Å². The van der Waals surface area contributed by atoms with Crippen molar-refractivity contribution >= 4 is 12.0 Å². The van der Waals surface area contributed by atoms with Gasteiger partial charge < -0.3 is 15.4 Å². The summed E-state index contributed by atoms with van der Waals surface area (Å²) in [5.74, 6) is 0.169. The monoisotopic (exact) mass is 500 g/mol. The van der Waals surface area contributed by atoms with E-state index in [0.29, 0.717) is 26.1 Å². The highest BCUT2D eigenvalue weighted by atomic mass is 16.5. The molecular weight excluding hydrogens is 460 g/mol. The Morgan fingerprint density at radius 2 is 1.51 bits per heavy atom. The van der Waals surface area contributed by atoms with E-state index in [0.717, 1.165) is 25.7 Å². The SMILES string of the molecule is CC1=CC(C)(CCNC(=O)CCCCCNC(=O)OCC2c3ccccc3-c3ccccc32)C(C)=C1C. The molecule has 2 aliphatic carbocycles. The van der Waals surface area contributed by atoms with Crippen molar-refractivity contribution < 1.29 is 14.3 Å². The summed E-state index contributed by atoms with van der Waals surface area (Å²) in [5.41, 5.74) is 9.03. The smallest absolute Gasteiger partial charge is 0.407 e. The Bertz CT molecular complexity index is 1170. The average molecular weight is 501 g/mol. The number of fused-ring (bicyclic) bond motifs is 3. The average Bonchev–Trinajstić information content (AvgIpc) is 3.31. The maximum Gasteiger partial charge on any atom is 0.407 e. The Kier molecular flexibility index (Phi) is 8.52. The largest absolute Gasteiger partial charge is 0.449 e. The fourth-order valence-electron chi connectivity index (χ4n) is 5.66. The first-order valence-electron chi connectivity index (χ1n) is 13.5. The van der Waals surface area contributed by atoms with Gasteiger partial charge in [-0.25, -0.2) is 4.79 Å². The summed E-state index contributed by atoms with van der Waals surface area (Å²) in [6.07, 6.45) is 5.90. The number of unbranched alkanes of at least 4 members (excludes halogenated alkanes) is 2. The first-order valence-corrected chi connectivity index (χ1v) is 13.5. The van der Waals surface area contributed by atoms with Gasteiger partial charge in [0.05, 0.1) is 0 Å². The minimum atomic E-state index is -0.385. The van der Waals surface area contributed by atoms with Crippen LogP contribution in [0.25, 0.3) is 11.1 Å². The van der Waals surface area contributed by atoms with E-state index in [9.17, 15) is 9.59 Å². The van der Waals surface area contributed by atoms with Gasteiger partial charge in [0.2, 0.25) is 5.91 Å². The van der Waals surface area contributed by atoms with Gasteiger partial charge in [-0.2, -0.15) is 0 Å². The van der Waals surface area contributed by atoms with Crippen molar-refractivity contribution in [2.75, 3.05) is 19.7 Å². The van der Waals surface area contributed by atoms with Crippen LogP contribution in [-0.4, -0.2) is 31.7 Å². The van der Waals surface area contributed by atoms with Gasteiger partial charge in [0.15, 0.2) is 0 Å². The van der Waals surface area contributed by atoms with Crippen LogP contribution < -0.4 is 10.6 Å². The maximum absolute atomic E-state index is 12.3. The van der Waals surface area contributed by atoms with Gasteiger partial charge in [0.1, 0.15) is 6.61 Å². The molecular formula is C32H40N2O3. The van der Waals surface area contributed by atoms with Crippen LogP contribution in [0.4, 0.5) is 4.79 Å². The number of hydrogen-bond acceptors (Lipinski definition) is 3. The van der Waals surface area contributed by atoms with Gasteiger partial charge >= 0.3 is 6.09 Å². The zero-order chi connectivity index (χ0) is 26.4. The Morgan fingerprint density at radius 3 is 2.14 bits per heavy atom. The summed E-state index contributed by atoms with van der Waals surface area (Å²) in [6, 6.07) is 16.6. The normalized spacial score (nSPS) is 18.3. The molecule has 0 radical (unpaired) electrons. The fourth-order valence-corrected chi connectivity index (χ4v) is 5.66. The Labute approximate surface area is 221 Å². The third-order valence-electron chi connectivity index (χ3n) is 8.21. The highest BCUT2D eigenvalue weighted by Crippen LogP contribution is 2.44. The van der Waals surface area contributed by atoms with E-state index in [1.54, 1.807) is 0 Å². The molecule has 37 heavy (non-hydrogen) atoms.